The Hall–Kier alpha value is -5.64. The zero-order valence-corrected chi connectivity index (χ0v) is 33.3. The normalized spacial score (nSPS) is 11.8. The van der Waals surface area contributed by atoms with E-state index in [4.69, 9.17) is 0 Å². The van der Waals surface area contributed by atoms with Crippen molar-refractivity contribution in [3.63, 3.8) is 0 Å². The van der Waals surface area contributed by atoms with Gasteiger partial charge in [0.2, 0.25) is 0 Å². The Labute approximate surface area is 316 Å². The van der Waals surface area contributed by atoms with Crippen LogP contribution in [0.15, 0.2) is 146 Å². The lowest BCUT2D eigenvalue weighted by atomic mass is 9.93. The largest absolute Gasteiger partial charge is 0.310 e. The lowest BCUT2D eigenvalue weighted by Gasteiger charge is -2.30. The second-order valence-corrected chi connectivity index (χ2v) is 20.9. The van der Waals surface area contributed by atoms with Gasteiger partial charge in [-0.1, -0.05) is 115 Å². The monoisotopic (exact) mass is 704 g/mol. The Kier molecular flexibility index (Phi) is 8.71. The molecule has 0 bridgehead atoms. The van der Waals surface area contributed by atoms with E-state index in [0.717, 1.165) is 11.4 Å². The van der Waals surface area contributed by atoms with Crippen LogP contribution in [0.3, 0.4) is 0 Å². The molecule has 0 spiro atoms. The van der Waals surface area contributed by atoms with Crippen LogP contribution in [-0.2, 0) is 0 Å². The molecule has 8 aromatic carbocycles. The summed E-state index contributed by atoms with van der Waals surface area (Å²) in [4.78, 5) is 4.91. The van der Waals surface area contributed by atoms with Crippen molar-refractivity contribution in [1.82, 2.24) is 0 Å². The average Bonchev–Trinajstić information content (AvgIpc) is 3.15. The lowest BCUT2D eigenvalue weighted by Crippen LogP contribution is -2.37. The first-order valence-corrected chi connectivity index (χ1v) is 22.3. The molecule has 0 atom stereocenters. The second kappa shape index (κ2) is 13.4. The first-order valence-electron chi connectivity index (χ1n) is 18.8. The number of benzene rings is 8. The number of hydrogen-bond acceptors (Lipinski definition) is 2. The molecule has 262 valence electrons. The van der Waals surface area contributed by atoms with Crippen molar-refractivity contribution in [3.8, 4) is 0 Å². The molecule has 8 aromatic rings. The molecule has 53 heavy (non-hydrogen) atoms. The topological polar surface area (TPSA) is 6.48 Å². The van der Waals surface area contributed by atoms with Gasteiger partial charge in [0.15, 0.2) is 0 Å². The summed E-state index contributed by atoms with van der Waals surface area (Å²) in [5.74, 6) is 0. The van der Waals surface area contributed by atoms with Gasteiger partial charge in [-0.2, -0.15) is 0 Å². The number of aryl methyl sites for hydroxylation is 5. The van der Waals surface area contributed by atoms with Crippen LogP contribution < -0.4 is 15.0 Å². The van der Waals surface area contributed by atoms with Crippen molar-refractivity contribution < 1.29 is 0 Å². The summed E-state index contributed by atoms with van der Waals surface area (Å²) >= 11 is 0. The van der Waals surface area contributed by atoms with Crippen LogP contribution in [-0.4, -0.2) is 8.07 Å². The Morgan fingerprint density at radius 1 is 0.340 bits per heavy atom. The van der Waals surface area contributed by atoms with Crippen LogP contribution in [0.1, 0.15) is 27.8 Å². The molecule has 0 N–H and O–H groups in total. The first-order chi connectivity index (χ1) is 25.5. The zero-order chi connectivity index (χ0) is 37.0. The van der Waals surface area contributed by atoms with Crippen molar-refractivity contribution in [3.05, 3.63) is 173 Å². The van der Waals surface area contributed by atoms with Crippen molar-refractivity contribution in [1.29, 1.82) is 0 Å². The molecule has 2 nitrogen and oxygen atoms in total. The molecular weight excluding hydrogens is 657 g/mol. The molecule has 0 aliphatic heterocycles. The highest BCUT2D eigenvalue weighted by molar-refractivity contribution is 6.88. The van der Waals surface area contributed by atoms with Gasteiger partial charge in [0.1, 0.15) is 0 Å². The molecule has 0 radical (unpaired) electrons. The van der Waals surface area contributed by atoms with Crippen LogP contribution >= 0.6 is 0 Å². The van der Waals surface area contributed by atoms with Crippen LogP contribution in [0.2, 0.25) is 19.6 Å². The Morgan fingerprint density at radius 2 is 0.717 bits per heavy atom. The third-order valence-electron chi connectivity index (χ3n) is 11.1. The highest BCUT2D eigenvalue weighted by atomic mass is 28.3. The fraction of sp³-hybridized carbons (Fsp3) is 0.160. The number of nitrogens with zero attached hydrogens (tertiary/aromatic N) is 2. The van der Waals surface area contributed by atoms with Gasteiger partial charge < -0.3 is 9.80 Å². The van der Waals surface area contributed by atoms with E-state index in [1.807, 2.05) is 0 Å². The molecule has 0 fully saturated rings. The minimum Gasteiger partial charge on any atom is -0.310 e. The molecular formula is C50H48N2Si. The maximum Gasteiger partial charge on any atom is 0.0775 e. The molecule has 0 heterocycles. The molecule has 0 aliphatic rings. The summed E-state index contributed by atoms with van der Waals surface area (Å²) in [7, 11) is -1.47. The third kappa shape index (κ3) is 6.30. The van der Waals surface area contributed by atoms with E-state index in [2.05, 4.69) is 210 Å². The maximum absolute atomic E-state index is 2.47. The summed E-state index contributed by atoms with van der Waals surface area (Å²) in [5, 5.41) is 8.87. The van der Waals surface area contributed by atoms with Gasteiger partial charge in [0.25, 0.3) is 0 Å². The van der Waals surface area contributed by atoms with Crippen molar-refractivity contribution in [2.45, 2.75) is 54.3 Å². The summed E-state index contributed by atoms with van der Waals surface area (Å²) < 4.78 is 0. The first kappa shape index (κ1) is 34.4. The minimum absolute atomic E-state index is 1.15. The average molecular weight is 705 g/mol. The third-order valence-corrected chi connectivity index (χ3v) is 13.2. The lowest BCUT2D eigenvalue weighted by molar-refractivity contribution is 1.25. The van der Waals surface area contributed by atoms with Gasteiger partial charge in [-0.05, 0) is 139 Å². The summed E-state index contributed by atoms with van der Waals surface area (Å²) in [5.41, 5.74) is 13.4. The van der Waals surface area contributed by atoms with Crippen LogP contribution in [0.25, 0.3) is 32.3 Å². The summed E-state index contributed by atoms with van der Waals surface area (Å²) in [6.07, 6.45) is 0. The molecule has 3 heteroatoms. The molecule has 0 saturated heterocycles. The molecule has 8 rings (SSSR count). The van der Waals surface area contributed by atoms with Gasteiger partial charge in [0.05, 0.1) is 19.4 Å². The molecule has 0 aliphatic carbocycles. The highest BCUT2D eigenvalue weighted by Gasteiger charge is 2.23. The van der Waals surface area contributed by atoms with Gasteiger partial charge in [-0.3, -0.25) is 0 Å². The fourth-order valence-corrected chi connectivity index (χ4v) is 8.84. The predicted octanol–water partition coefficient (Wildman–Crippen LogP) is 14.2. The minimum atomic E-state index is -1.47. The zero-order valence-electron chi connectivity index (χ0n) is 32.3. The fourth-order valence-electron chi connectivity index (χ4n) is 7.67. The van der Waals surface area contributed by atoms with Crippen LogP contribution in [0.5, 0.6) is 0 Å². The van der Waals surface area contributed by atoms with Gasteiger partial charge >= 0.3 is 0 Å². The smallest absolute Gasteiger partial charge is 0.0775 e. The van der Waals surface area contributed by atoms with Crippen molar-refractivity contribution in [2.75, 3.05) is 9.80 Å². The van der Waals surface area contributed by atoms with E-state index in [-0.39, 0.29) is 0 Å². The molecule has 0 aromatic heterocycles. The second-order valence-electron chi connectivity index (χ2n) is 15.8. The van der Waals surface area contributed by atoms with E-state index >= 15 is 0 Å². The SMILES string of the molecule is Cc1ccc(N(c2ccc(C)c(C)c2)c2cc3c4ccccc4c(N(c4ccc([Si](C)(C)C)cc4)c4ccc(C)c(C)c4)cc3c3ccccc23)cc1. The summed E-state index contributed by atoms with van der Waals surface area (Å²) in [6.45, 7) is 18.2. The van der Waals surface area contributed by atoms with Gasteiger partial charge in [0, 0.05) is 33.5 Å². The van der Waals surface area contributed by atoms with E-state index in [9.17, 15) is 0 Å². The molecule has 0 amide bonds. The van der Waals surface area contributed by atoms with E-state index in [0.29, 0.717) is 0 Å². The summed E-state index contributed by atoms with van der Waals surface area (Å²) in [6, 6.07) is 54.8. The van der Waals surface area contributed by atoms with Gasteiger partial charge in [-0.25, -0.2) is 0 Å². The van der Waals surface area contributed by atoms with Crippen molar-refractivity contribution >= 4 is 79.7 Å². The number of anilines is 6. The molecule has 0 unspecified atom stereocenters. The van der Waals surface area contributed by atoms with E-state index in [1.165, 1.54) is 88.1 Å². The Bertz CT molecular complexity index is 2650. The van der Waals surface area contributed by atoms with Crippen LogP contribution in [0, 0.1) is 34.6 Å². The van der Waals surface area contributed by atoms with E-state index < -0.39 is 8.07 Å². The Morgan fingerprint density at radius 3 is 1.11 bits per heavy atom. The number of fused-ring (bicyclic) bond motifs is 5. The van der Waals surface area contributed by atoms with E-state index in [1.54, 1.807) is 0 Å². The maximum atomic E-state index is 2.47. The predicted molar refractivity (Wildman–Crippen MR) is 235 cm³/mol. The molecule has 0 saturated carbocycles. The Balaban J connectivity index is 1.45. The quantitative estimate of drug-likeness (QED) is 0.120. The van der Waals surface area contributed by atoms with Gasteiger partial charge in [-0.15, -0.1) is 0 Å². The number of rotatable bonds is 7. The van der Waals surface area contributed by atoms with Crippen molar-refractivity contribution in [2.24, 2.45) is 0 Å². The standard InChI is InChI=1S/C50H48N2Si/c1-33-17-21-38(22-18-33)51(40-23-19-34(2)36(4)29-40)49-31-47-44-14-10-12-16-46(44)50(32-48(47)43-13-9-11-15-45(43)49)52(41-24-20-35(3)37(5)30-41)39-25-27-42(28-26-39)53(6,7)8/h9-32H,1-8H3. The number of hydrogen-bond donors (Lipinski definition) is 0. The van der Waals surface area contributed by atoms with Crippen LogP contribution in [0.4, 0.5) is 34.1 Å². The highest BCUT2D eigenvalue weighted by Crippen LogP contribution is 2.47.